The number of anilines is 2. The van der Waals surface area contributed by atoms with Gasteiger partial charge in [0, 0.05) is 42.3 Å². The third-order valence-corrected chi connectivity index (χ3v) is 6.72. The molecule has 10 nitrogen and oxygen atoms in total. The lowest BCUT2D eigenvalue weighted by Gasteiger charge is -2.48. The second kappa shape index (κ2) is 11.1. The minimum absolute atomic E-state index is 0.0165. The van der Waals surface area contributed by atoms with E-state index in [2.05, 4.69) is 20.5 Å². The molecule has 1 fully saturated rings. The van der Waals surface area contributed by atoms with Gasteiger partial charge in [0.05, 0.1) is 27.8 Å². The number of rotatable bonds is 9. The molecule has 0 unspecified atom stereocenters. The number of carbonyl (C=O) groups excluding carboxylic acids is 1. The van der Waals surface area contributed by atoms with Crippen LogP contribution < -0.4 is 20.7 Å². The summed E-state index contributed by atoms with van der Waals surface area (Å²) in [6, 6.07) is 8.62. The lowest BCUT2D eigenvalue weighted by atomic mass is 9.92. The van der Waals surface area contributed by atoms with Crippen LogP contribution in [0.25, 0.3) is 0 Å². The number of likely N-dealkylation sites (N-methyl/N-ethyl adjacent to an activating group) is 1. The average molecular weight is 557 g/mol. The summed E-state index contributed by atoms with van der Waals surface area (Å²) >= 11 is 12.5. The fraction of sp³-hybridized carbons (Fsp3) is 0.346. The van der Waals surface area contributed by atoms with Gasteiger partial charge in [-0.15, -0.1) is 10.2 Å². The number of hydrogen-bond donors (Lipinski definition) is 3. The fourth-order valence-corrected chi connectivity index (χ4v) is 5.04. The number of hydrogen-bond acceptors (Lipinski definition) is 9. The quantitative estimate of drug-likeness (QED) is 0.269. The molecule has 200 valence electrons. The number of pyridine rings is 1. The Balaban J connectivity index is 1.43. The molecule has 3 heterocycles. The van der Waals surface area contributed by atoms with Crippen molar-refractivity contribution in [3.8, 4) is 5.75 Å². The Bertz CT molecular complexity index is 1320. The molecule has 1 amide bonds. The summed E-state index contributed by atoms with van der Waals surface area (Å²) in [6.07, 6.45) is 2.56. The van der Waals surface area contributed by atoms with Crippen LogP contribution in [-0.4, -0.2) is 71.0 Å². The van der Waals surface area contributed by atoms with Crippen molar-refractivity contribution in [2.45, 2.75) is 25.5 Å². The molecule has 0 radical (unpaired) electrons. The van der Waals surface area contributed by atoms with Gasteiger partial charge < -0.3 is 25.6 Å². The first-order valence-corrected chi connectivity index (χ1v) is 12.7. The van der Waals surface area contributed by atoms with Crippen molar-refractivity contribution in [1.29, 1.82) is 5.41 Å². The Labute approximate surface area is 231 Å². The zero-order valence-corrected chi connectivity index (χ0v) is 23.1. The molecule has 1 atom stereocenters. The molecule has 4 rings (SSSR count). The van der Waals surface area contributed by atoms with E-state index in [0.717, 1.165) is 0 Å². The smallest absolute Gasteiger partial charge is 0.234 e. The number of ether oxygens (including phenoxy) is 1. The first-order chi connectivity index (χ1) is 18.0. The number of benzene rings is 1. The van der Waals surface area contributed by atoms with Crippen LogP contribution >= 0.6 is 23.2 Å². The molecule has 0 bridgehead atoms. The zero-order chi connectivity index (χ0) is 27.6. The van der Waals surface area contributed by atoms with Gasteiger partial charge in [0.25, 0.3) is 0 Å². The maximum Gasteiger partial charge on any atom is 0.234 e. The number of nitrogen functional groups attached to an aromatic ring is 1. The predicted octanol–water partition coefficient (Wildman–Crippen LogP) is 3.57. The molecule has 1 saturated heterocycles. The third kappa shape index (κ3) is 6.15. The van der Waals surface area contributed by atoms with Gasteiger partial charge in [-0.1, -0.05) is 23.2 Å². The second-order valence-corrected chi connectivity index (χ2v) is 10.7. The van der Waals surface area contributed by atoms with Gasteiger partial charge in [-0.3, -0.25) is 15.2 Å². The Morgan fingerprint density at radius 2 is 1.89 bits per heavy atom. The number of halogens is 2. The summed E-state index contributed by atoms with van der Waals surface area (Å²) in [4.78, 5) is 19.9. The molecule has 3 aromatic rings. The van der Waals surface area contributed by atoms with E-state index in [9.17, 15) is 4.79 Å². The van der Waals surface area contributed by atoms with E-state index in [-0.39, 0.29) is 17.2 Å². The Morgan fingerprint density at radius 1 is 1.21 bits per heavy atom. The van der Waals surface area contributed by atoms with Crippen LogP contribution in [0.4, 0.5) is 11.5 Å². The Morgan fingerprint density at radius 3 is 2.50 bits per heavy atom. The maximum absolute atomic E-state index is 12.1. The summed E-state index contributed by atoms with van der Waals surface area (Å²) in [5.74, 6) is 1.15. The van der Waals surface area contributed by atoms with Gasteiger partial charge in [-0.2, -0.15) is 0 Å². The van der Waals surface area contributed by atoms with E-state index in [0.29, 0.717) is 63.8 Å². The molecule has 1 aromatic carbocycles. The zero-order valence-electron chi connectivity index (χ0n) is 21.6. The first kappa shape index (κ1) is 27.6. The maximum atomic E-state index is 12.1. The summed E-state index contributed by atoms with van der Waals surface area (Å²) < 4.78 is 6.06. The lowest BCUT2D eigenvalue weighted by molar-refractivity contribution is -0.123. The van der Waals surface area contributed by atoms with E-state index < -0.39 is 6.10 Å². The Hall–Kier alpha value is -3.47. The van der Waals surface area contributed by atoms with Gasteiger partial charge in [0.2, 0.25) is 5.91 Å². The largest absolute Gasteiger partial charge is 0.486 e. The van der Waals surface area contributed by atoms with Crippen molar-refractivity contribution < 1.29 is 9.53 Å². The van der Waals surface area contributed by atoms with E-state index in [4.69, 9.17) is 39.1 Å². The summed E-state index contributed by atoms with van der Waals surface area (Å²) in [5, 5.41) is 21.1. The summed E-state index contributed by atoms with van der Waals surface area (Å²) in [6.45, 7) is 5.41. The molecule has 4 N–H and O–H groups in total. The normalized spacial score (nSPS) is 15.1. The van der Waals surface area contributed by atoms with Crippen molar-refractivity contribution >= 4 is 46.3 Å². The Kier molecular flexibility index (Phi) is 8.05. The molecule has 0 aliphatic carbocycles. The minimum Gasteiger partial charge on any atom is -0.486 e. The topological polar surface area (TPSA) is 133 Å². The summed E-state index contributed by atoms with van der Waals surface area (Å²) in [5.41, 5.74) is 7.84. The number of nitrogens with two attached hydrogens (primary N) is 1. The van der Waals surface area contributed by atoms with Crippen LogP contribution in [0, 0.1) is 5.41 Å². The first-order valence-electron chi connectivity index (χ1n) is 11.9. The van der Waals surface area contributed by atoms with E-state index >= 15 is 0 Å². The van der Waals surface area contributed by atoms with Crippen LogP contribution in [0.1, 0.15) is 36.8 Å². The number of amides is 1. The average Bonchev–Trinajstić information content (AvgIpc) is 2.82. The van der Waals surface area contributed by atoms with Crippen LogP contribution in [0.3, 0.4) is 0 Å². The molecule has 2 aromatic heterocycles. The minimum atomic E-state index is -0.461. The van der Waals surface area contributed by atoms with Crippen LogP contribution in [0.2, 0.25) is 10.0 Å². The molecular formula is C26H30Cl2N8O2. The van der Waals surface area contributed by atoms with E-state index in [1.165, 1.54) is 12.4 Å². The molecule has 38 heavy (non-hydrogen) atoms. The molecule has 0 spiro atoms. The van der Waals surface area contributed by atoms with Crippen molar-refractivity contribution in [3.63, 3.8) is 0 Å². The van der Waals surface area contributed by atoms with Crippen molar-refractivity contribution in [1.82, 2.24) is 25.4 Å². The molecule has 0 saturated carbocycles. The highest BCUT2D eigenvalue weighted by molar-refractivity contribution is 6.35. The third-order valence-electron chi connectivity index (χ3n) is 6.12. The fourth-order valence-electron chi connectivity index (χ4n) is 4.36. The van der Waals surface area contributed by atoms with Gasteiger partial charge in [0.1, 0.15) is 17.5 Å². The highest BCUT2D eigenvalue weighted by Gasteiger charge is 2.40. The standard InChI is InChI=1S/C26H30Cl2N8O2/c1-15(24-18(27)10-31-11-19(24)28)38-16-5-6-20(29)17(9-16)25(30)21-7-8-22(34-33-21)36-13-26(2,14-36)32-23(37)12-35(3)4/h5-11,15,30H,12-14,29H2,1-4H3,(H,32,37)/t15-/m1/s1. The number of aromatic nitrogens is 3. The van der Waals surface area contributed by atoms with Crippen molar-refractivity contribution in [3.05, 3.63) is 69.6 Å². The summed E-state index contributed by atoms with van der Waals surface area (Å²) in [7, 11) is 3.71. The molecule has 1 aliphatic heterocycles. The molecular weight excluding hydrogens is 527 g/mol. The van der Waals surface area contributed by atoms with Gasteiger partial charge in [-0.25, -0.2) is 0 Å². The monoisotopic (exact) mass is 556 g/mol. The van der Waals surface area contributed by atoms with Gasteiger partial charge in [0.15, 0.2) is 5.82 Å². The lowest BCUT2D eigenvalue weighted by Crippen LogP contribution is -2.69. The van der Waals surface area contributed by atoms with Crippen molar-refractivity contribution in [2.24, 2.45) is 0 Å². The molecule has 12 heteroatoms. The second-order valence-electron chi connectivity index (χ2n) is 9.88. The number of nitrogens with one attached hydrogen (secondary N) is 2. The van der Waals surface area contributed by atoms with Gasteiger partial charge >= 0.3 is 0 Å². The van der Waals surface area contributed by atoms with Crippen molar-refractivity contribution in [2.75, 3.05) is 44.4 Å². The predicted molar refractivity (Wildman–Crippen MR) is 149 cm³/mol. The number of carbonyl (C=O) groups is 1. The van der Waals surface area contributed by atoms with Crippen LogP contribution in [0.5, 0.6) is 5.75 Å². The van der Waals surface area contributed by atoms with Gasteiger partial charge in [-0.05, 0) is 58.3 Å². The molecule has 1 aliphatic rings. The SMILES string of the molecule is C[C@@H](Oc1ccc(N)c(C(=N)c2ccc(N3CC(C)(NC(=O)CN(C)C)C3)nn2)c1)c1c(Cl)cncc1Cl. The van der Waals surface area contributed by atoms with E-state index in [1.807, 2.05) is 43.8 Å². The van der Waals surface area contributed by atoms with E-state index in [1.54, 1.807) is 24.3 Å². The highest BCUT2D eigenvalue weighted by atomic mass is 35.5. The number of nitrogens with zero attached hydrogens (tertiary/aromatic N) is 5. The van der Waals surface area contributed by atoms with Crippen LogP contribution in [0.15, 0.2) is 42.7 Å². The van der Waals surface area contributed by atoms with Crippen LogP contribution in [-0.2, 0) is 4.79 Å². The highest BCUT2D eigenvalue weighted by Crippen LogP contribution is 2.33.